The fourth-order valence-corrected chi connectivity index (χ4v) is 6.70. The summed E-state index contributed by atoms with van der Waals surface area (Å²) in [6.45, 7) is 2.72. The Balaban J connectivity index is 1.44. The molecule has 2 heterocycles. The van der Waals surface area contributed by atoms with E-state index in [0.29, 0.717) is 25.9 Å². The van der Waals surface area contributed by atoms with E-state index in [1.165, 1.54) is 4.31 Å². The first kappa shape index (κ1) is 22.9. The molecule has 178 valence electrons. The lowest BCUT2D eigenvalue weighted by Gasteiger charge is -2.36. The largest absolute Gasteiger partial charge is 0.464 e. The van der Waals surface area contributed by atoms with Crippen LogP contribution in [0.25, 0.3) is 11.0 Å². The van der Waals surface area contributed by atoms with Gasteiger partial charge in [0.25, 0.3) is 0 Å². The van der Waals surface area contributed by atoms with Crippen LogP contribution in [0, 0.1) is 6.92 Å². The second-order valence-electron chi connectivity index (χ2n) is 9.28. The van der Waals surface area contributed by atoms with Gasteiger partial charge in [-0.2, -0.15) is 4.31 Å². The maximum absolute atomic E-state index is 14.0. The van der Waals surface area contributed by atoms with E-state index in [2.05, 4.69) is 12.2 Å². The van der Waals surface area contributed by atoms with E-state index in [4.69, 9.17) is 4.42 Å². The average Bonchev–Trinajstić information content (AvgIpc) is 3.53. The number of furan rings is 1. The van der Waals surface area contributed by atoms with Crippen LogP contribution in [-0.4, -0.2) is 42.2 Å². The first-order valence-electron chi connectivity index (χ1n) is 11.9. The zero-order valence-electron chi connectivity index (χ0n) is 19.4. The summed E-state index contributed by atoms with van der Waals surface area (Å²) in [7, 11) is -3.75. The number of allylic oxidation sites excluding steroid dienone is 1. The number of sulfonamides is 1. The Morgan fingerprint density at radius 2 is 1.91 bits per heavy atom. The van der Waals surface area contributed by atoms with Crippen molar-refractivity contribution in [1.82, 2.24) is 9.21 Å². The molecule has 5 rings (SSSR count). The Morgan fingerprint density at radius 3 is 2.68 bits per heavy atom. The molecule has 1 fully saturated rings. The summed E-state index contributed by atoms with van der Waals surface area (Å²) in [4.78, 5) is 16.1. The number of fused-ring (bicyclic) bond motifs is 1. The Morgan fingerprint density at radius 1 is 1.09 bits per heavy atom. The van der Waals surface area contributed by atoms with Crippen molar-refractivity contribution in [2.45, 2.75) is 62.6 Å². The standard InChI is InChI=1S/C27H30N2O4S/c1-20-9-13-24(14-10-20)34(31,32)29-16-5-8-25(29)27(30)28(23-6-3-2-4-7-23)19-21-11-12-22-15-17-33-26(22)18-21/h2-3,9-15,17-18,23,25H,4-8,16,19H2,1H3/t23?,25-/m0/s1. The topological polar surface area (TPSA) is 70.8 Å². The highest BCUT2D eigenvalue weighted by Crippen LogP contribution is 2.30. The summed E-state index contributed by atoms with van der Waals surface area (Å²) < 4.78 is 33.9. The van der Waals surface area contributed by atoms with Crippen LogP contribution < -0.4 is 0 Å². The summed E-state index contributed by atoms with van der Waals surface area (Å²) in [6.07, 6.45) is 9.74. The Labute approximate surface area is 200 Å². The van der Waals surface area contributed by atoms with Gasteiger partial charge in [-0.3, -0.25) is 4.79 Å². The Kier molecular flexibility index (Phi) is 6.32. The third-order valence-electron chi connectivity index (χ3n) is 6.96. The van der Waals surface area contributed by atoms with Crippen molar-refractivity contribution in [3.8, 4) is 0 Å². The van der Waals surface area contributed by atoms with Gasteiger partial charge in [0.15, 0.2) is 0 Å². The van der Waals surface area contributed by atoms with Crippen LogP contribution in [0.5, 0.6) is 0 Å². The molecule has 1 aromatic heterocycles. The highest BCUT2D eigenvalue weighted by atomic mass is 32.2. The van der Waals surface area contributed by atoms with E-state index in [1.807, 2.05) is 36.1 Å². The van der Waals surface area contributed by atoms with Crippen LogP contribution in [0.15, 0.2) is 76.3 Å². The van der Waals surface area contributed by atoms with Crippen LogP contribution in [0.1, 0.15) is 43.2 Å². The number of hydrogen-bond donors (Lipinski definition) is 0. The number of rotatable bonds is 6. The molecule has 1 amide bonds. The second-order valence-corrected chi connectivity index (χ2v) is 11.2. The lowest BCUT2D eigenvalue weighted by molar-refractivity contribution is -0.138. The maximum Gasteiger partial charge on any atom is 0.243 e. The van der Waals surface area contributed by atoms with Gasteiger partial charge in [-0.05, 0) is 68.9 Å². The van der Waals surface area contributed by atoms with Crippen LogP contribution >= 0.6 is 0 Å². The molecule has 1 saturated heterocycles. The molecule has 7 heteroatoms. The zero-order valence-corrected chi connectivity index (χ0v) is 20.2. The highest BCUT2D eigenvalue weighted by molar-refractivity contribution is 7.89. The predicted molar refractivity (Wildman–Crippen MR) is 132 cm³/mol. The van der Waals surface area contributed by atoms with Gasteiger partial charge < -0.3 is 9.32 Å². The lowest BCUT2D eigenvalue weighted by atomic mass is 9.98. The molecule has 0 spiro atoms. The van der Waals surface area contributed by atoms with E-state index in [1.54, 1.807) is 30.5 Å². The smallest absolute Gasteiger partial charge is 0.243 e. The number of benzene rings is 2. The fraction of sp³-hybridized carbons (Fsp3) is 0.370. The van der Waals surface area contributed by atoms with Gasteiger partial charge >= 0.3 is 0 Å². The lowest BCUT2D eigenvalue weighted by Crippen LogP contribution is -2.51. The van der Waals surface area contributed by atoms with E-state index < -0.39 is 16.1 Å². The van der Waals surface area contributed by atoms with E-state index in [9.17, 15) is 13.2 Å². The molecular weight excluding hydrogens is 448 g/mol. The number of aryl methyl sites for hydroxylation is 1. The highest BCUT2D eigenvalue weighted by Gasteiger charge is 2.42. The van der Waals surface area contributed by atoms with Gasteiger partial charge in [0.1, 0.15) is 11.6 Å². The van der Waals surface area contributed by atoms with Gasteiger partial charge in [-0.15, -0.1) is 0 Å². The quantitative estimate of drug-likeness (QED) is 0.466. The van der Waals surface area contributed by atoms with E-state index in [-0.39, 0.29) is 16.8 Å². The molecule has 0 radical (unpaired) electrons. The van der Waals surface area contributed by atoms with Crippen LogP contribution in [0.2, 0.25) is 0 Å². The first-order chi connectivity index (χ1) is 16.4. The second kappa shape index (κ2) is 9.39. The van der Waals surface area contributed by atoms with Crippen molar-refractivity contribution in [3.63, 3.8) is 0 Å². The summed E-state index contributed by atoms with van der Waals surface area (Å²) >= 11 is 0. The summed E-state index contributed by atoms with van der Waals surface area (Å²) in [5.74, 6) is -0.104. The third kappa shape index (κ3) is 4.42. The van der Waals surface area contributed by atoms with E-state index >= 15 is 0 Å². The fourth-order valence-electron chi connectivity index (χ4n) is 5.05. The molecule has 1 unspecified atom stereocenters. The molecule has 2 aliphatic rings. The van der Waals surface area contributed by atoms with Crippen molar-refractivity contribution in [2.75, 3.05) is 6.54 Å². The first-order valence-corrected chi connectivity index (χ1v) is 13.4. The molecule has 0 saturated carbocycles. The maximum atomic E-state index is 14.0. The van der Waals surface area contributed by atoms with E-state index in [0.717, 1.165) is 41.4 Å². The van der Waals surface area contributed by atoms with Gasteiger partial charge in [-0.1, -0.05) is 42.0 Å². The van der Waals surface area contributed by atoms with Crippen molar-refractivity contribution in [3.05, 3.63) is 78.1 Å². The van der Waals surface area contributed by atoms with Crippen molar-refractivity contribution in [1.29, 1.82) is 0 Å². The molecule has 6 nitrogen and oxygen atoms in total. The molecule has 1 aliphatic carbocycles. The minimum Gasteiger partial charge on any atom is -0.464 e. The van der Waals surface area contributed by atoms with Crippen molar-refractivity contribution >= 4 is 26.9 Å². The van der Waals surface area contributed by atoms with Crippen LogP contribution in [0.4, 0.5) is 0 Å². The molecule has 2 aromatic carbocycles. The number of nitrogens with zero attached hydrogens (tertiary/aromatic N) is 2. The SMILES string of the molecule is Cc1ccc(S(=O)(=O)N2CCC[C@H]2C(=O)N(Cc2ccc3ccoc3c2)C2CC=CCC2)cc1. The van der Waals surface area contributed by atoms with Crippen LogP contribution in [-0.2, 0) is 21.4 Å². The number of hydrogen-bond acceptors (Lipinski definition) is 4. The molecular formula is C27H30N2O4S. The number of amides is 1. The molecule has 0 bridgehead atoms. The summed E-state index contributed by atoms with van der Waals surface area (Å²) in [5, 5.41) is 1.02. The minimum absolute atomic E-state index is 0.0503. The molecule has 34 heavy (non-hydrogen) atoms. The van der Waals surface area contributed by atoms with Gasteiger partial charge in [-0.25, -0.2) is 8.42 Å². The molecule has 3 aromatic rings. The normalized spacial score (nSPS) is 21.2. The third-order valence-corrected chi connectivity index (χ3v) is 8.88. The summed E-state index contributed by atoms with van der Waals surface area (Å²) in [6, 6.07) is 14.1. The van der Waals surface area contributed by atoms with Gasteiger partial charge in [0.2, 0.25) is 15.9 Å². The van der Waals surface area contributed by atoms with Gasteiger partial charge in [0.05, 0.1) is 11.2 Å². The molecule has 2 atom stereocenters. The molecule has 0 N–H and O–H groups in total. The van der Waals surface area contributed by atoms with Crippen LogP contribution in [0.3, 0.4) is 0 Å². The Hall–Kier alpha value is -2.90. The zero-order chi connectivity index (χ0) is 23.7. The Bertz CT molecular complexity index is 1310. The van der Waals surface area contributed by atoms with Crippen molar-refractivity contribution < 1.29 is 17.6 Å². The average molecular weight is 479 g/mol. The number of carbonyl (C=O) groups is 1. The number of carbonyl (C=O) groups excluding carboxylic acids is 1. The van der Waals surface area contributed by atoms with Crippen molar-refractivity contribution in [2.24, 2.45) is 0 Å². The predicted octanol–water partition coefficient (Wildman–Crippen LogP) is 5.03. The minimum atomic E-state index is -3.75. The monoisotopic (exact) mass is 478 g/mol. The summed E-state index contributed by atoms with van der Waals surface area (Å²) in [5.41, 5.74) is 2.77. The van der Waals surface area contributed by atoms with Gasteiger partial charge in [0, 0.05) is 24.5 Å². The molecule has 1 aliphatic heterocycles.